The number of hydrogen-bond donors (Lipinski definition) is 2. The van der Waals surface area contributed by atoms with Crippen molar-refractivity contribution in [2.75, 3.05) is 11.9 Å². The highest BCUT2D eigenvalue weighted by atomic mass is 79.9. The molecule has 0 bridgehead atoms. The van der Waals surface area contributed by atoms with Gasteiger partial charge in [0, 0.05) is 15.7 Å². The molecule has 2 aromatic carbocycles. The van der Waals surface area contributed by atoms with Crippen LogP contribution in [0.25, 0.3) is 0 Å². The summed E-state index contributed by atoms with van der Waals surface area (Å²) in [6.07, 6.45) is 0. The van der Waals surface area contributed by atoms with Gasteiger partial charge in [-0.1, -0.05) is 22.0 Å². The van der Waals surface area contributed by atoms with E-state index in [-0.39, 0.29) is 12.5 Å². The monoisotopic (exact) mass is 350 g/mol. The van der Waals surface area contributed by atoms with Crippen LogP contribution < -0.4 is 10.6 Å². The molecule has 0 saturated carbocycles. The van der Waals surface area contributed by atoms with E-state index in [9.17, 15) is 14.0 Å². The van der Waals surface area contributed by atoms with Crippen LogP contribution in [0.15, 0.2) is 53.0 Å². The van der Waals surface area contributed by atoms with Crippen molar-refractivity contribution < 1.29 is 14.0 Å². The van der Waals surface area contributed by atoms with E-state index in [1.54, 1.807) is 18.2 Å². The molecule has 4 nitrogen and oxygen atoms in total. The molecule has 21 heavy (non-hydrogen) atoms. The highest BCUT2D eigenvalue weighted by Gasteiger charge is 2.08. The Morgan fingerprint density at radius 1 is 1.10 bits per heavy atom. The fraction of sp³-hybridized carbons (Fsp3) is 0.0667. The van der Waals surface area contributed by atoms with Crippen LogP contribution in [0.5, 0.6) is 0 Å². The molecule has 6 heteroatoms. The van der Waals surface area contributed by atoms with E-state index in [2.05, 4.69) is 26.6 Å². The minimum atomic E-state index is -0.431. The third-order valence-electron chi connectivity index (χ3n) is 2.62. The lowest BCUT2D eigenvalue weighted by molar-refractivity contribution is -0.115. The Balaban J connectivity index is 1.86. The summed E-state index contributed by atoms with van der Waals surface area (Å²) in [6.45, 7) is -0.164. The molecule has 0 aromatic heterocycles. The van der Waals surface area contributed by atoms with Crippen LogP contribution in [0.3, 0.4) is 0 Å². The predicted octanol–water partition coefficient (Wildman–Crippen LogP) is 2.96. The van der Waals surface area contributed by atoms with Crippen molar-refractivity contribution in [2.24, 2.45) is 0 Å². The molecule has 0 radical (unpaired) electrons. The average molecular weight is 351 g/mol. The molecular formula is C15H12BrFN2O2. The summed E-state index contributed by atoms with van der Waals surface area (Å²) in [7, 11) is 0. The second-order valence-electron chi connectivity index (χ2n) is 4.25. The highest BCUT2D eigenvalue weighted by molar-refractivity contribution is 9.10. The van der Waals surface area contributed by atoms with Gasteiger partial charge in [-0.25, -0.2) is 4.39 Å². The molecule has 0 fully saturated rings. The number of halogens is 2. The van der Waals surface area contributed by atoms with E-state index < -0.39 is 11.7 Å². The maximum Gasteiger partial charge on any atom is 0.251 e. The second-order valence-corrected chi connectivity index (χ2v) is 5.16. The van der Waals surface area contributed by atoms with E-state index in [1.165, 1.54) is 24.3 Å². The van der Waals surface area contributed by atoms with E-state index in [0.717, 1.165) is 4.47 Å². The Morgan fingerprint density at radius 2 is 1.81 bits per heavy atom. The lowest BCUT2D eigenvalue weighted by Crippen LogP contribution is -2.32. The fourth-order valence-electron chi connectivity index (χ4n) is 1.64. The Labute approximate surface area is 129 Å². The molecule has 0 aliphatic heterocycles. The topological polar surface area (TPSA) is 58.2 Å². The molecule has 0 saturated heterocycles. The van der Waals surface area contributed by atoms with E-state index in [1.807, 2.05) is 6.07 Å². The summed E-state index contributed by atoms with van der Waals surface area (Å²) in [5.41, 5.74) is 0.928. The van der Waals surface area contributed by atoms with Crippen molar-refractivity contribution in [1.29, 1.82) is 0 Å². The number of rotatable bonds is 4. The van der Waals surface area contributed by atoms with Gasteiger partial charge in [0.25, 0.3) is 5.91 Å². The number of hydrogen-bond acceptors (Lipinski definition) is 2. The third-order valence-corrected chi connectivity index (χ3v) is 3.12. The summed E-state index contributed by atoms with van der Waals surface area (Å²) < 4.78 is 13.6. The van der Waals surface area contributed by atoms with Crippen LogP contribution in [-0.4, -0.2) is 18.4 Å². The lowest BCUT2D eigenvalue weighted by atomic mass is 10.2. The van der Waals surface area contributed by atoms with Crippen LogP contribution in [0.2, 0.25) is 0 Å². The van der Waals surface area contributed by atoms with Crippen LogP contribution in [0.4, 0.5) is 10.1 Å². The first-order valence-electron chi connectivity index (χ1n) is 6.14. The molecule has 2 aromatic rings. The van der Waals surface area contributed by atoms with Gasteiger partial charge in [-0.3, -0.25) is 9.59 Å². The maximum absolute atomic E-state index is 12.7. The molecule has 2 rings (SSSR count). The minimum absolute atomic E-state index is 0.164. The number of amides is 2. The van der Waals surface area contributed by atoms with Gasteiger partial charge in [0.1, 0.15) is 5.82 Å². The zero-order valence-corrected chi connectivity index (χ0v) is 12.5. The predicted molar refractivity (Wildman–Crippen MR) is 81.5 cm³/mol. The molecule has 2 N–H and O–H groups in total. The molecule has 2 amide bonds. The van der Waals surface area contributed by atoms with Crippen molar-refractivity contribution >= 4 is 33.4 Å². The van der Waals surface area contributed by atoms with Crippen molar-refractivity contribution in [3.05, 3.63) is 64.4 Å². The van der Waals surface area contributed by atoms with Crippen LogP contribution in [-0.2, 0) is 4.79 Å². The van der Waals surface area contributed by atoms with Gasteiger partial charge < -0.3 is 10.6 Å². The first kappa shape index (κ1) is 15.2. The molecule has 0 atom stereocenters. The van der Waals surface area contributed by atoms with E-state index >= 15 is 0 Å². The zero-order chi connectivity index (χ0) is 15.2. The van der Waals surface area contributed by atoms with Gasteiger partial charge in [-0.2, -0.15) is 0 Å². The van der Waals surface area contributed by atoms with Gasteiger partial charge in [0.15, 0.2) is 0 Å². The van der Waals surface area contributed by atoms with Gasteiger partial charge in [0.2, 0.25) is 5.91 Å². The normalized spacial score (nSPS) is 10.0. The molecule has 0 spiro atoms. The quantitative estimate of drug-likeness (QED) is 0.890. The molecule has 0 aliphatic carbocycles. The average Bonchev–Trinajstić information content (AvgIpc) is 2.45. The van der Waals surface area contributed by atoms with Crippen LogP contribution >= 0.6 is 15.9 Å². The summed E-state index contributed by atoms with van der Waals surface area (Å²) in [4.78, 5) is 23.5. The molecule has 0 heterocycles. The Kier molecular flexibility index (Phi) is 5.05. The number of benzene rings is 2. The lowest BCUT2D eigenvalue weighted by Gasteiger charge is -2.07. The number of anilines is 1. The minimum Gasteiger partial charge on any atom is -0.343 e. The largest absolute Gasteiger partial charge is 0.343 e. The third kappa shape index (κ3) is 4.68. The van der Waals surface area contributed by atoms with Gasteiger partial charge >= 0.3 is 0 Å². The summed E-state index contributed by atoms with van der Waals surface area (Å²) in [5, 5.41) is 5.12. The Bertz CT molecular complexity index is 659. The number of carbonyl (C=O) groups is 2. The molecule has 0 unspecified atom stereocenters. The standard InChI is InChI=1S/C15H12BrFN2O2/c16-11-2-1-3-13(8-11)19-14(20)9-18-15(21)10-4-6-12(17)7-5-10/h1-8H,9H2,(H,18,21)(H,19,20). The van der Waals surface area contributed by atoms with Gasteiger partial charge in [-0.15, -0.1) is 0 Å². The van der Waals surface area contributed by atoms with E-state index in [4.69, 9.17) is 0 Å². The van der Waals surface area contributed by atoms with Crippen molar-refractivity contribution in [3.63, 3.8) is 0 Å². The fourth-order valence-corrected chi connectivity index (χ4v) is 2.03. The zero-order valence-electron chi connectivity index (χ0n) is 10.9. The second kappa shape index (κ2) is 6.99. The molecule has 108 valence electrons. The number of carbonyl (C=O) groups excluding carboxylic acids is 2. The highest BCUT2D eigenvalue weighted by Crippen LogP contribution is 2.15. The SMILES string of the molecule is O=C(CNC(=O)c1ccc(F)cc1)Nc1cccc(Br)c1. The van der Waals surface area contributed by atoms with Crippen LogP contribution in [0.1, 0.15) is 10.4 Å². The first-order chi connectivity index (χ1) is 10.0. The van der Waals surface area contributed by atoms with Crippen molar-refractivity contribution in [1.82, 2.24) is 5.32 Å². The maximum atomic E-state index is 12.7. The van der Waals surface area contributed by atoms with E-state index in [0.29, 0.717) is 11.3 Å². The summed E-state index contributed by atoms with van der Waals surface area (Å²) >= 11 is 3.30. The van der Waals surface area contributed by atoms with Crippen molar-refractivity contribution in [2.45, 2.75) is 0 Å². The summed E-state index contributed by atoms with van der Waals surface area (Å²) in [6, 6.07) is 12.2. The molecular weight excluding hydrogens is 339 g/mol. The van der Waals surface area contributed by atoms with Gasteiger partial charge in [0.05, 0.1) is 6.54 Å². The Morgan fingerprint density at radius 3 is 2.48 bits per heavy atom. The number of nitrogens with one attached hydrogen (secondary N) is 2. The molecule has 0 aliphatic rings. The smallest absolute Gasteiger partial charge is 0.251 e. The first-order valence-corrected chi connectivity index (χ1v) is 6.93. The van der Waals surface area contributed by atoms with Crippen molar-refractivity contribution in [3.8, 4) is 0 Å². The van der Waals surface area contributed by atoms with Crippen LogP contribution in [0, 0.1) is 5.82 Å². The Hall–Kier alpha value is -2.21. The summed E-state index contributed by atoms with van der Waals surface area (Å²) in [5.74, 6) is -1.19. The van der Waals surface area contributed by atoms with Gasteiger partial charge in [-0.05, 0) is 42.5 Å².